The predicted molar refractivity (Wildman–Crippen MR) is 98.9 cm³/mol. The zero-order chi connectivity index (χ0) is 17.6. The number of phenols is 1. The van der Waals surface area contributed by atoms with E-state index in [0.717, 1.165) is 44.2 Å². The fourth-order valence-electron chi connectivity index (χ4n) is 3.31. The lowest BCUT2D eigenvalue weighted by atomic mass is 9.95. The molecule has 0 aliphatic carbocycles. The molecule has 25 heavy (non-hydrogen) atoms. The molecule has 0 saturated carbocycles. The maximum absolute atomic E-state index is 12.9. The minimum atomic E-state index is 0.0215. The lowest BCUT2D eigenvalue weighted by molar-refractivity contribution is 0.0600. The fraction of sp³-hybridized carbons (Fsp3) is 0.421. The van der Waals surface area contributed by atoms with Gasteiger partial charge in [0.05, 0.1) is 5.56 Å². The summed E-state index contributed by atoms with van der Waals surface area (Å²) >= 11 is 1.46. The van der Waals surface area contributed by atoms with Crippen molar-refractivity contribution in [1.29, 1.82) is 0 Å². The Balaban J connectivity index is 1.68. The molecule has 0 bridgehead atoms. The Morgan fingerprint density at radius 1 is 1.32 bits per heavy atom. The first-order valence-electron chi connectivity index (χ1n) is 8.62. The third-order valence-electron chi connectivity index (χ3n) is 4.62. The molecular formula is C19H23N3O2S. The zero-order valence-electron chi connectivity index (χ0n) is 14.4. The number of likely N-dealkylation sites (tertiary alicyclic amines) is 1. The highest BCUT2D eigenvalue weighted by molar-refractivity contribution is 7.98. The zero-order valence-corrected chi connectivity index (χ0v) is 15.2. The van der Waals surface area contributed by atoms with Gasteiger partial charge in [0.2, 0.25) is 0 Å². The van der Waals surface area contributed by atoms with E-state index in [1.54, 1.807) is 24.5 Å². The molecule has 1 saturated heterocycles. The summed E-state index contributed by atoms with van der Waals surface area (Å²) in [6, 6.07) is 7.58. The van der Waals surface area contributed by atoms with Crippen LogP contribution < -0.4 is 0 Å². The van der Waals surface area contributed by atoms with Gasteiger partial charge in [-0.2, -0.15) is 0 Å². The van der Waals surface area contributed by atoms with Crippen molar-refractivity contribution in [2.75, 3.05) is 12.8 Å². The van der Waals surface area contributed by atoms with E-state index in [4.69, 9.17) is 0 Å². The van der Waals surface area contributed by atoms with Gasteiger partial charge in [-0.25, -0.2) is 9.97 Å². The minimum absolute atomic E-state index is 0.0215. The van der Waals surface area contributed by atoms with Crippen LogP contribution in [0.15, 0.2) is 41.8 Å². The first-order valence-corrected chi connectivity index (χ1v) is 9.85. The molecule has 1 aromatic heterocycles. The van der Waals surface area contributed by atoms with Crippen molar-refractivity contribution in [3.8, 4) is 5.75 Å². The first-order chi connectivity index (χ1) is 12.2. The molecule has 0 spiro atoms. The number of amides is 1. The van der Waals surface area contributed by atoms with Crippen molar-refractivity contribution in [3.63, 3.8) is 0 Å². The maximum Gasteiger partial charge on any atom is 0.257 e. The van der Waals surface area contributed by atoms with Gasteiger partial charge >= 0.3 is 0 Å². The second-order valence-corrected chi connectivity index (χ2v) is 7.09. The smallest absolute Gasteiger partial charge is 0.257 e. The van der Waals surface area contributed by atoms with E-state index in [-0.39, 0.29) is 11.9 Å². The average molecular weight is 357 g/mol. The van der Waals surface area contributed by atoms with E-state index in [0.29, 0.717) is 16.5 Å². The Morgan fingerprint density at radius 3 is 2.84 bits per heavy atom. The highest BCUT2D eigenvalue weighted by atomic mass is 32.2. The molecule has 1 aliphatic rings. The number of thioether (sulfide) groups is 1. The Morgan fingerprint density at radius 2 is 2.12 bits per heavy atom. The number of hydrogen-bond acceptors (Lipinski definition) is 5. The van der Waals surface area contributed by atoms with E-state index < -0.39 is 0 Å². The number of rotatable bonds is 5. The topological polar surface area (TPSA) is 66.3 Å². The highest BCUT2D eigenvalue weighted by Gasteiger charge is 2.27. The molecule has 1 amide bonds. The van der Waals surface area contributed by atoms with Gasteiger partial charge in [-0.3, -0.25) is 4.79 Å². The molecule has 2 heterocycles. The van der Waals surface area contributed by atoms with Crippen molar-refractivity contribution >= 4 is 17.7 Å². The third kappa shape index (κ3) is 4.51. The summed E-state index contributed by atoms with van der Waals surface area (Å²) in [5.41, 5.74) is 1.66. The standard InChI is InChI=1S/C19H23N3O2S/c1-25-19-20-12-15(13-21-19)18(24)22-10-3-2-6-16(22)9-8-14-5-4-7-17(23)11-14/h4-5,7,11-13,16,23H,2-3,6,8-10H2,1H3/t16-/m1/s1. The van der Waals surface area contributed by atoms with Crippen molar-refractivity contribution < 1.29 is 9.90 Å². The summed E-state index contributed by atoms with van der Waals surface area (Å²) in [4.78, 5) is 23.3. The SMILES string of the molecule is CSc1ncc(C(=O)N2CCCC[C@@H]2CCc2cccc(O)c2)cn1. The molecule has 2 aromatic rings. The Labute approximate surface area is 152 Å². The van der Waals surface area contributed by atoms with Gasteiger partial charge in [0.1, 0.15) is 5.75 Å². The monoisotopic (exact) mass is 357 g/mol. The van der Waals surface area contributed by atoms with Gasteiger partial charge in [-0.1, -0.05) is 23.9 Å². The largest absolute Gasteiger partial charge is 0.508 e. The van der Waals surface area contributed by atoms with Crippen LogP contribution in [0.4, 0.5) is 0 Å². The number of piperidine rings is 1. The Hall–Kier alpha value is -2.08. The summed E-state index contributed by atoms with van der Waals surface area (Å²) in [6.45, 7) is 0.786. The van der Waals surface area contributed by atoms with Gasteiger partial charge in [-0.05, 0) is 56.1 Å². The number of aromatic hydroxyl groups is 1. The van der Waals surface area contributed by atoms with Crippen LogP contribution in [0.1, 0.15) is 41.6 Å². The van der Waals surface area contributed by atoms with Gasteiger partial charge in [0.25, 0.3) is 5.91 Å². The summed E-state index contributed by atoms with van der Waals surface area (Å²) in [5.74, 6) is 0.313. The maximum atomic E-state index is 12.9. The lowest BCUT2D eigenvalue weighted by Crippen LogP contribution is -2.44. The van der Waals surface area contributed by atoms with Crippen LogP contribution in [0.2, 0.25) is 0 Å². The molecular weight excluding hydrogens is 334 g/mol. The Kier molecular flexibility index (Phi) is 5.91. The second kappa shape index (κ2) is 8.34. The number of carbonyl (C=O) groups excluding carboxylic acids is 1. The second-order valence-electron chi connectivity index (χ2n) is 6.32. The first kappa shape index (κ1) is 17.7. The molecule has 1 atom stereocenters. The van der Waals surface area contributed by atoms with E-state index in [2.05, 4.69) is 9.97 Å². The number of aromatic nitrogens is 2. The van der Waals surface area contributed by atoms with Crippen molar-refractivity contribution in [3.05, 3.63) is 47.8 Å². The van der Waals surface area contributed by atoms with E-state index >= 15 is 0 Å². The number of nitrogens with zero attached hydrogens (tertiary/aromatic N) is 3. The van der Waals surface area contributed by atoms with Gasteiger partial charge in [-0.15, -0.1) is 0 Å². The summed E-state index contributed by atoms with van der Waals surface area (Å²) < 4.78 is 0. The number of benzene rings is 1. The molecule has 1 N–H and O–H groups in total. The molecule has 1 fully saturated rings. The van der Waals surface area contributed by atoms with E-state index in [1.165, 1.54) is 11.8 Å². The molecule has 0 unspecified atom stereocenters. The van der Waals surface area contributed by atoms with Crippen molar-refractivity contribution in [2.24, 2.45) is 0 Å². The van der Waals surface area contributed by atoms with Gasteiger partial charge < -0.3 is 10.0 Å². The van der Waals surface area contributed by atoms with Crippen LogP contribution in [0.3, 0.4) is 0 Å². The quantitative estimate of drug-likeness (QED) is 0.655. The highest BCUT2D eigenvalue weighted by Crippen LogP contribution is 2.24. The molecule has 132 valence electrons. The molecule has 6 heteroatoms. The van der Waals surface area contributed by atoms with Crippen LogP contribution in [0.5, 0.6) is 5.75 Å². The van der Waals surface area contributed by atoms with Gasteiger partial charge in [0, 0.05) is 25.0 Å². The summed E-state index contributed by atoms with van der Waals surface area (Å²) in [7, 11) is 0. The lowest BCUT2D eigenvalue weighted by Gasteiger charge is -2.36. The van der Waals surface area contributed by atoms with Gasteiger partial charge in [0.15, 0.2) is 5.16 Å². The third-order valence-corrected chi connectivity index (χ3v) is 5.20. The fourth-order valence-corrected chi connectivity index (χ4v) is 3.63. The Bertz CT molecular complexity index is 721. The molecule has 3 rings (SSSR count). The summed E-state index contributed by atoms with van der Waals surface area (Å²) in [5, 5.41) is 10.3. The normalized spacial score (nSPS) is 17.5. The number of hydrogen-bond donors (Lipinski definition) is 1. The van der Waals surface area contributed by atoms with E-state index in [1.807, 2.05) is 23.3 Å². The average Bonchev–Trinajstić information content (AvgIpc) is 2.66. The molecule has 1 aromatic carbocycles. The molecule has 1 aliphatic heterocycles. The number of phenolic OH excluding ortho intramolecular Hbond substituents is 1. The minimum Gasteiger partial charge on any atom is -0.508 e. The summed E-state index contributed by atoms with van der Waals surface area (Å²) in [6.07, 6.45) is 10.1. The van der Waals surface area contributed by atoms with Crippen LogP contribution in [0.25, 0.3) is 0 Å². The van der Waals surface area contributed by atoms with Crippen LogP contribution in [-0.4, -0.2) is 44.7 Å². The number of aryl methyl sites for hydroxylation is 1. The van der Waals surface area contributed by atoms with E-state index in [9.17, 15) is 9.90 Å². The molecule has 0 radical (unpaired) electrons. The van der Waals surface area contributed by atoms with Crippen molar-refractivity contribution in [1.82, 2.24) is 14.9 Å². The predicted octanol–water partition coefficient (Wildman–Crippen LogP) is 3.53. The van der Waals surface area contributed by atoms with Crippen LogP contribution in [-0.2, 0) is 6.42 Å². The molecule has 5 nitrogen and oxygen atoms in total. The van der Waals surface area contributed by atoms with Crippen LogP contribution >= 0.6 is 11.8 Å². The number of carbonyl (C=O) groups is 1. The van der Waals surface area contributed by atoms with Crippen LogP contribution in [0, 0.1) is 0 Å². The van der Waals surface area contributed by atoms with Crippen molar-refractivity contribution in [2.45, 2.75) is 43.3 Å².